The van der Waals surface area contributed by atoms with Crippen LogP contribution in [0.1, 0.15) is 19.0 Å². The van der Waals surface area contributed by atoms with Gasteiger partial charge in [-0.15, -0.1) is 0 Å². The molecule has 1 fully saturated rings. The minimum atomic E-state index is 0.162. The Morgan fingerprint density at radius 1 is 1.33 bits per heavy atom. The van der Waals surface area contributed by atoms with E-state index in [9.17, 15) is 4.79 Å². The summed E-state index contributed by atoms with van der Waals surface area (Å²) in [5.41, 5.74) is 2.95. The van der Waals surface area contributed by atoms with Crippen molar-refractivity contribution in [2.45, 2.75) is 19.8 Å². The van der Waals surface area contributed by atoms with Crippen molar-refractivity contribution in [2.24, 2.45) is 11.8 Å². The molecule has 2 atom stereocenters. The number of anilines is 1. The lowest BCUT2D eigenvalue weighted by atomic mass is 10.1. The van der Waals surface area contributed by atoms with Gasteiger partial charge in [0.05, 0.1) is 5.69 Å². The van der Waals surface area contributed by atoms with E-state index < -0.39 is 0 Å². The summed E-state index contributed by atoms with van der Waals surface area (Å²) in [6.45, 7) is 2.70. The highest BCUT2D eigenvalue weighted by Crippen LogP contribution is 2.37. The SMILES string of the molecule is C[C@H]1C[C@@H]1C(=O)NCCc1nc(N(C)C)ncc1-c1ccncc1. The van der Waals surface area contributed by atoms with Gasteiger partial charge in [-0.3, -0.25) is 9.78 Å². The van der Waals surface area contributed by atoms with Gasteiger partial charge < -0.3 is 10.2 Å². The van der Waals surface area contributed by atoms with Crippen molar-refractivity contribution in [2.75, 3.05) is 25.5 Å². The number of nitrogens with one attached hydrogen (secondary N) is 1. The van der Waals surface area contributed by atoms with Crippen molar-refractivity contribution in [3.05, 3.63) is 36.4 Å². The van der Waals surface area contributed by atoms with Crippen molar-refractivity contribution in [1.82, 2.24) is 20.3 Å². The molecule has 3 rings (SSSR count). The van der Waals surface area contributed by atoms with Gasteiger partial charge in [0.1, 0.15) is 0 Å². The molecule has 1 amide bonds. The summed E-state index contributed by atoms with van der Waals surface area (Å²) in [6.07, 6.45) is 7.04. The van der Waals surface area contributed by atoms with E-state index in [-0.39, 0.29) is 11.8 Å². The molecule has 24 heavy (non-hydrogen) atoms. The Labute approximate surface area is 142 Å². The summed E-state index contributed by atoms with van der Waals surface area (Å²) in [5.74, 6) is 1.56. The maximum atomic E-state index is 12.0. The highest BCUT2D eigenvalue weighted by atomic mass is 16.2. The Kier molecular flexibility index (Phi) is 4.74. The van der Waals surface area contributed by atoms with Crippen LogP contribution < -0.4 is 10.2 Å². The molecule has 1 aliphatic rings. The van der Waals surface area contributed by atoms with Crippen LogP contribution in [0.15, 0.2) is 30.7 Å². The lowest BCUT2D eigenvalue weighted by Gasteiger charge is -2.15. The molecule has 6 nitrogen and oxygen atoms in total. The van der Waals surface area contributed by atoms with Gasteiger partial charge in [0.25, 0.3) is 0 Å². The Morgan fingerprint density at radius 2 is 2.04 bits per heavy atom. The third-order valence-corrected chi connectivity index (χ3v) is 4.35. The van der Waals surface area contributed by atoms with Gasteiger partial charge in [0, 0.05) is 57.1 Å². The average molecular weight is 325 g/mol. The van der Waals surface area contributed by atoms with Crippen LogP contribution in [0.4, 0.5) is 5.95 Å². The van der Waals surface area contributed by atoms with Crippen LogP contribution in [0.25, 0.3) is 11.1 Å². The summed E-state index contributed by atoms with van der Waals surface area (Å²) < 4.78 is 0. The molecule has 1 N–H and O–H groups in total. The molecular weight excluding hydrogens is 302 g/mol. The summed E-state index contributed by atoms with van der Waals surface area (Å²) in [7, 11) is 3.84. The molecule has 0 aromatic carbocycles. The quantitative estimate of drug-likeness (QED) is 0.878. The average Bonchev–Trinajstić information content (AvgIpc) is 3.32. The highest BCUT2D eigenvalue weighted by Gasteiger charge is 2.38. The maximum absolute atomic E-state index is 12.0. The van der Waals surface area contributed by atoms with Crippen LogP contribution >= 0.6 is 0 Å². The summed E-state index contributed by atoms with van der Waals surface area (Å²) >= 11 is 0. The second-order valence-electron chi connectivity index (χ2n) is 6.52. The third kappa shape index (κ3) is 3.69. The molecule has 0 bridgehead atoms. The van der Waals surface area contributed by atoms with Crippen molar-refractivity contribution < 1.29 is 4.79 Å². The normalized spacial score (nSPS) is 19.0. The molecular formula is C18H23N5O. The van der Waals surface area contributed by atoms with Gasteiger partial charge in [-0.05, 0) is 30.0 Å². The standard InChI is InChI=1S/C18H23N5O/c1-12-10-14(12)17(24)20-9-6-16-15(13-4-7-19-8-5-13)11-21-18(22-16)23(2)3/h4-5,7-8,11-12,14H,6,9-10H2,1-3H3,(H,20,24)/t12-,14-/m0/s1. The van der Waals surface area contributed by atoms with Gasteiger partial charge in [-0.1, -0.05) is 6.92 Å². The lowest BCUT2D eigenvalue weighted by molar-refractivity contribution is -0.122. The van der Waals surface area contributed by atoms with Crippen LogP contribution in [0.3, 0.4) is 0 Å². The molecule has 2 heterocycles. The largest absolute Gasteiger partial charge is 0.355 e. The summed E-state index contributed by atoms with van der Waals surface area (Å²) in [4.78, 5) is 27.0. The number of carbonyl (C=O) groups is 1. The first kappa shape index (κ1) is 16.4. The Balaban J connectivity index is 1.75. The van der Waals surface area contributed by atoms with Gasteiger partial charge in [-0.25, -0.2) is 9.97 Å². The summed E-state index contributed by atoms with van der Waals surface area (Å²) in [5, 5.41) is 3.03. The molecule has 0 aliphatic heterocycles. The minimum Gasteiger partial charge on any atom is -0.355 e. The first-order valence-electron chi connectivity index (χ1n) is 8.27. The number of hydrogen-bond acceptors (Lipinski definition) is 5. The van der Waals surface area contributed by atoms with E-state index in [0.29, 0.717) is 24.8 Å². The fourth-order valence-electron chi connectivity index (χ4n) is 2.71. The fraction of sp³-hybridized carbons (Fsp3) is 0.444. The van der Waals surface area contributed by atoms with E-state index >= 15 is 0 Å². The van der Waals surface area contributed by atoms with Crippen molar-refractivity contribution >= 4 is 11.9 Å². The van der Waals surface area contributed by atoms with E-state index in [1.54, 1.807) is 12.4 Å². The smallest absolute Gasteiger partial charge is 0.225 e. The number of carbonyl (C=O) groups excluding carboxylic acids is 1. The number of aromatic nitrogens is 3. The van der Waals surface area contributed by atoms with Crippen LogP contribution in [-0.2, 0) is 11.2 Å². The fourth-order valence-corrected chi connectivity index (χ4v) is 2.71. The zero-order chi connectivity index (χ0) is 17.1. The molecule has 0 saturated heterocycles. The van der Waals surface area contributed by atoms with Crippen LogP contribution in [0, 0.1) is 11.8 Å². The Morgan fingerprint density at radius 3 is 2.67 bits per heavy atom. The zero-order valence-electron chi connectivity index (χ0n) is 14.4. The Bertz CT molecular complexity index is 717. The van der Waals surface area contributed by atoms with E-state index in [0.717, 1.165) is 23.2 Å². The third-order valence-electron chi connectivity index (χ3n) is 4.35. The Hall–Kier alpha value is -2.50. The van der Waals surface area contributed by atoms with Crippen molar-refractivity contribution in [1.29, 1.82) is 0 Å². The molecule has 2 aromatic rings. The molecule has 1 saturated carbocycles. The number of pyridine rings is 1. The van der Waals surface area contributed by atoms with E-state index in [1.165, 1.54) is 0 Å². The van der Waals surface area contributed by atoms with Crippen LogP contribution in [0.2, 0.25) is 0 Å². The second kappa shape index (κ2) is 6.95. The molecule has 2 aromatic heterocycles. The maximum Gasteiger partial charge on any atom is 0.225 e. The molecule has 0 radical (unpaired) electrons. The predicted molar refractivity (Wildman–Crippen MR) is 93.6 cm³/mol. The molecule has 1 aliphatic carbocycles. The molecule has 126 valence electrons. The number of hydrogen-bond donors (Lipinski definition) is 1. The topological polar surface area (TPSA) is 71.0 Å². The zero-order valence-corrected chi connectivity index (χ0v) is 14.4. The van der Waals surface area contributed by atoms with Crippen LogP contribution in [0.5, 0.6) is 0 Å². The van der Waals surface area contributed by atoms with E-state index in [4.69, 9.17) is 0 Å². The number of rotatable bonds is 6. The highest BCUT2D eigenvalue weighted by molar-refractivity contribution is 5.81. The molecule has 0 spiro atoms. The van der Waals surface area contributed by atoms with Gasteiger partial charge in [0.2, 0.25) is 11.9 Å². The summed E-state index contributed by atoms with van der Waals surface area (Å²) in [6, 6.07) is 3.89. The first-order chi connectivity index (χ1) is 11.6. The van der Waals surface area contributed by atoms with Gasteiger partial charge in [-0.2, -0.15) is 0 Å². The minimum absolute atomic E-state index is 0.162. The van der Waals surface area contributed by atoms with E-state index in [2.05, 4.69) is 27.2 Å². The monoisotopic (exact) mass is 325 g/mol. The second-order valence-corrected chi connectivity index (χ2v) is 6.52. The first-order valence-corrected chi connectivity index (χ1v) is 8.27. The van der Waals surface area contributed by atoms with Crippen molar-refractivity contribution in [3.63, 3.8) is 0 Å². The van der Waals surface area contributed by atoms with Crippen molar-refractivity contribution in [3.8, 4) is 11.1 Å². The van der Waals surface area contributed by atoms with Gasteiger partial charge in [0.15, 0.2) is 0 Å². The van der Waals surface area contributed by atoms with Crippen LogP contribution in [-0.4, -0.2) is 41.5 Å². The predicted octanol–water partition coefficient (Wildman–Crippen LogP) is 1.92. The van der Waals surface area contributed by atoms with E-state index in [1.807, 2.05) is 37.3 Å². The molecule has 6 heteroatoms. The van der Waals surface area contributed by atoms with Gasteiger partial charge >= 0.3 is 0 Å². The molecule has 0 unspecified atom stereocenters. The number of nitrogens with zero attached hydrogens (tertiary/aromatic N) is 4. The number of amides is 1. The lowest BCUT2D eigenvalue weighted by Crippen LogP contribution is -2.28.